The molecule has 30 heavy (non-hydrogen) atoms. The van der Waals surface area contributed by atoms with Crippen LogP contribution in [0.15, 0.2) is 58.7 Å². The van der Waals surface area contributed by atoms with Crippen molar-refractivity contribution in [1.82, 2.24) is 9.55 Å². The van der Waals surface area contributed by atoms with Gasteiger partial charge in [-0.15, -0.1) is 11.3 Å². The molecule has 0 saturated heterocycles. The first-order valence-electron chi connectivity index (χ1n) is 9.71. The van der Waals surface area contributed by atoms with E-state index in [1.54, 1.807) is 11.7 Å². The lowest BCUT2D eigenvalue weighted by atomic mass is 10.1. The molecule has 0 saturated carbocycles. The minimum absolute atomic E-state index is 0.0375. The number of aryl methyl sites for hydroxylation is 1. The van der Waals surface area contributed by atoms with Gasteiger partial charge in [0.25, 0.3) is 5.56 Å². The van der Waals surface area contributed by atoms with Gasteiger partial charge in [0.1, 0.15) is 22.2 Å². The third-order valence-corrected chi connectivity index (χ3v) is 5.91. The van der Waals surface area contributed by atoms with E-state index < -0.39 is 0 Å². The van der Waals surface area contributed by atoms with Gasteiger partial charge in [0.2, 0.25) is 0 Å². The Bertz CT molecular complexity index is 1300. The van der Waals surface area contributed by atoms with Gasteiger partial charge in [-0.2, -0.15) is 0 Å². The SMILES string of the molecule is COc1cccc(-c2csc3nc(-c4cccc(C)c4)n(CCC(C)=O)c(=O)c23)c1. The van der Waals surface area contributed by atoms with Crippen molar-refractivity contribution in [2.24, 2.45) is 0 Å². The molecular weight excluding hydrogens is 396 g/mol. The number of hydrogen-bond donors (Lipinski definition) is 0. The van der Waals surface area contributed by atoms with Gasteiger partial charge in [-0.1, -0.05) is 35.9 Å². The predicted octanol–water partition coefficient (Wildman–Crippen LogP) is 5.09. The molecule has 5 nitrogen and oxygen atoms in total. The Morgan fingerprint density at radius 1 is 1.13 bits per heavy atom. The lowest BCUT2D eigenvalue weighted by molar-refractivity contribution is -0.117. The summed E-state index contributed by atoms with van der Waals surface area (Å²) in [5, 5.41) is 2.54. The van der Waals surface area contributed by atoms with Crippen molar-refractivity contribution >= 4 is 27.3 Å². The zero-order chi connectivity index (χ0) is 21.3. The van der Waals surface area contributed by atoms with Crippen LogP contribution in [0.25, 0.3) is 32.7 Å². The quantitative estimate of drug-likeness (QED) is 0.438. The molecule has 0 radical (unpaired) electrons. The second-order valence-corrected chi connectivity index (χ2v) is 8.13. The molecule has 0 atom stereocenters. The van der Waals surface area contributed by atoms with Gasteiger partial charge >= 0.3 is 0 Å². The monoisotopic (exact) mass is 418 g/mol. The molecule has 0 aliphatic carbocycles. The molecule has 2 aromatic carbocycles. The maximum Gasteiger partial charge on any atom is 0.263 e. The predicted molar refractivity (Wildman–Crippen MR) is 121 cm³/mol. The van der Waals surface area contributed by atoms with E-state index in [2.05, 4.69) is 0 Å². The number of benzene rings is 2. The number of carbonyl (C=O) groups excluding carboxylic acids is 1. The fourth-order valence-corrected chi connectivity index (χ4v) is 4.45. The average molecular weight is 419 g/mol. The van der Waals surface area contributed by atoms with Crippen LogP contribution >= 0.6 is 11.3 Å². The Morgan fingerprint density at radius 2 is 1.90 bits per heavy atom. The van der Waals surface area contributed by atoms with Crippen molar-refractivity contribution < 1.29 is 9.53 Å². The minimum atomic E-state index is -0.128. The summed E-state index contributed by atoms with van der Waals surface area (Å²) in [6, 6.07) is 15.6. The third kappa shape index (κ3) is 3.78. The smallest absolute Gasteiger partial charge is 0.263 e. The van der Waals surface area contributed by atoms with Crippen LogP contribution in [0, 0.1) is 6.92 Å². The van der Waals surface area contributed by atoms with E-state index in [-0.39, 0.29) is 17.8 Å². The summed E-state index contributed by atoms with van der Waals surface area (Å²) in [7, 11) is 1.62. The summed E-state index contributed by atoms with van der Waals surface area (Å²) in [6.45, 7) is 3.84. The maximum absolute atomic E-state index is 13.6. The molecule has 152 valence electrons. The van der Waals surface area contributed by atoms with Crippen LogP contribution in [0.1, 0.15) is 18.9 Å². The van der Waals surface area contributed by atoms with Gasteiger partial charge in [-0.25, -0.2) is 4.98 Å². The lowest BCUT2D eigenvalue weighted by Crippen LogP contribution is -2.24. The molecule has 0 unspecified atom stereocenters. The van der Waals surface area contributed by atoms with Gasteiger partial charge < -0.3 is 4.74 Å². The van der Waals surface area contributed by atoms with Crippen molar-refractivity contribution in [3.8, 4) is 28.3 Å². The number of hydrogen-bond acceptors (Lipinski definition) is 5. The molecule has 2 aromatic heterocycles. The maximum atomic E-state index is 13.6. The summed E-state index contributed by atoms with van der Waals surface area (Å²) >= 11 is 1.45. The van der Waals surface area contributed by atoms with Gasteiger partial charge in [0, 0.05) is 29.5 Å². The number of rotatable bonds is 6. The first kappa shape index (κ1) is 20.0. The molecule has 2 heterocycles. The summed E-state index contributed by atoms with van der Waals surface area (Å²) in [5.41, 5.74) is 3.56. The van der Waals surface area contributed by atoms with Crippen LogP contribution in [0.5, 0.6) is 5.75 Å². The van der Waals surface area contributed by atoms with Crippen molar-refractivity contribution in [3.63, 3.8) is 0 Å². The zero-order valence-corrected chi connectivity index (χ0v) is 18.0. The summed E-state index contributed by atoms with van der Waals surface area (Å²) in [6.07, 6.45) is 0.282. The molecule has 0 N–H and O–H groups in total. The van der Waals surface area contributed by atoms with E-state index in [1.807, 2.05) is 60.8 Å². The fraction of sp³-hybridized carbons (Fsp3) is 0.208. The van der Waals surface area contributed by atoms with Crippen molar-refractivity contribution in [2.45, 2.75) is 26.8 Å². The van der Waals surface area contributed by atoms with E-state index in [4.69, 9.17) is 9.72 Å². The normalized spacial score (nSPS) is 11.0. The van der Waals surface area contributed by atoms with Crippen LogP contribution in [0.4, 0.5) is 0 Å². The molecule has 4 aromatic rings. The number of aromatic nitrogens is 2. The molecule has 0 bridgehead atoms. The first-order chi connectivity index (χ1) is 14.5. The number of methoxy groups -OCH3 is 1. The number of ether oxygens (including phenoxy) is 1. The lowest BCUT2D eigenvalue weighted by Gasteiger charge is -2.13. The molecular formula is C24H22N2O3S. The highest BCUT2D eigenvalue weighted by Gasteiger charge is 2.18. The van der Waals surface area contributed by atoms with E-state index >= 15 is 0 Å². The zero-order valence-electron chi connectivity index (χ0n) is 17.1. The van der Waals surface area contributed by atoms with Crippen molar-refractivity contribution in [2.75, 3.05) is 7.11 Å². The average Bonchev–Trinajstić information content (AvgIpc) is 3.17. The third-order valence-electron chi connectivity index (χ3n) is 5.04. The highest BCUT2D eigenvalue weighted by Crippen LogP contribution is 2.34. The van der Waals surface area contributed by atoms with Gasteiger partial charge in [-0.3, -0.25) is 14.2 Å². The van der Waals surface area contributed by atoms with Crippen LogP contribution in [-0.2, 0) is 11.3 Å². The molecule has 6 heteroatoms. The van der Waals surface area contributed by atoms with Crippen LogP contribution in [-0.4, -0.2) is 22.4 Å². The number of thiophene rings is 1. The largest absolute Gasteiger partial charge is 0.497 e. The van der Waals surface area contributed by atoms with E-state index in [1.165, 1.54) is 18.3 Å². The van der Waals surface area contributed by atoms with Gasteiger partial charge in [-0.05, 0) is 37.6 Å². The molecule has 0 aliphatic rings. The van der Waals surface area contributed by atoms with Crippen LogP contribution in [0.2, 0.25) is 0 Å². The summed E-state index contributed by atoms with van der Waals surface area (Å²) in [5.74, 6) is 1.36. The van der Waals surface area contributed by atoms with Crippen LogP contribution in [0.3, 0.4) is 0 Å². The molecule has 0 aliphatic heterocycles. The van der Waals surface area contributed by atoms with Gasteiger partial charge in [0.05, 0.1) is 12.5 Å². The molecule has 0 fully saturated rings. The Balaban J connectivity index is 1.97. The Hall–Kier alpha value is -3.25. The molecule has 0 amide bonds. The number of Topliss-reactive ketones (excluding diaryl/α,β-unsaturated/α-hetero) is 1. The van der Waals surface area contributed by atoms with Crippen molar-refractivity contribution in [3.05, 3.63) is 69.8 Å². The Labute approximate surface area is 178 Å². The summed E-state index contributed by atoms with van der Waals surface area (Å²) < 4.78 is 6.97. The van der Waals surface area contributed by atoms with Gasteiger partial charge in [0.15, 0.2) is 0 Å². The molecule has 0 spiro atoms. The number of ketones is 1. The topological polar surface area (TPSA) is 61.2 Å². The minimum Gasteiger partial charge on any atom is -0.497 e. The van der Waals surface area contributed by atoms with Crippen LogP contribution < -0.4 is 10.3 Å². The number of carbonyl (C=O) groups is 1. The molecule has 4 rings (SSSR count). The first-order valence-corrected chi connectivity index (χ1v) is 10.6. The van der Waals surface area contributed by atoms with Crippen molar-refractivity contribution in [1.29, 1.82) is 0 Å². The van der Waals surface area contributed by atoms with E-state index in [9.17, 15) is 9.59 Å². The Morgan fingerprint density at radius 3 is 2.63 bits per heavy atom. The second-order valence-electron chi connectivity index (χ2n) is 7.28. The highest BCUT2D eigenvalue weighted by molar-refractivity contribution is 7.17. The highest BCUT2D eigenvalue weighted by atomic mass is 32.1. The van der Waals surface area contributed by atoms with E-state index in [0.717, 1.165) is 28.0 Å². The second kappa shape index (κ2) is 8.24. The number of fused-ring (bicyclic) bond motifs is 1. The summed E-state index contributed by atoms with van der Waals surface area (Å²) in [4.78, 5) is 30.8. The number of nitrogens with zero attached hydrogens (tertiary/aromatic N) is 2. The fourth-order valence-electron chi connectivity index (χ4n) is 3.51. The standard InChI is InChI=1S/C24H22N2O3S/c1-15-6-4-8-18(12-15)22-25-23-21(24(28)26(22)11-10-16(2)27)20(14-30-23)17-7-5-9-19(13-17)29-3/h4-9,12-14H,10-11H2,1-3H3. The Kier molecular flexibility index (Phi) is 5.50. The van der Waals surface area contributed by atoms with E-state index in [0.29, 0.717) is 22.6 Å².